The van der Waals surface area contributed by atoms with E-state index >= 15 is 0 Å². The number of sulfone groups is 1. The smallest absolute Gasteiger partial charge is 0.428 e. The Bertz CT molecular complexity index is 1130. The number of nitrogens with zero attached hydrogens (tertiary/aromatic N) is 1. The highest BCUT2D eigenvalue weighted by Gasteiger charge is 2.38. The van der Waals surface area contributed by atoms with Crippen LogP contribution in [0.2, 0.25) is 0 Å². The van der Waals surface area contributed by atoms with Crippen LogP contribution in [0.3, 0.4) is 0 Å². The van der Waals surface area contributed by atoms with Gasteiger partial charge in [0, 0.05) is 7.05 Å². The second-order valence-corrected chi connectivity index (χ2v) is 14.6. The molecule has 1 unspecified atom stereocenters. The first-order valence-electron chi connectivity index (χ1n) is 13.5. The number of benzene rings is 1. The molecule has 2 amide bonds. The van der Waals surface area contributed by atoms with Crippen LogP contribution in [0.15, 0.2) is 24.3 Å². The van der Waals surface area contributed by atoms with Crippen molar-refractivity contribution < 1.29 is 37.4 Å². The number of nitrogens with one attached hydrogen (secondary N) is 1. The lowest BCUT2D eigenvalue weighted by molar-refractivity contribution is -0.141. The van der Waals surface area contributed by atoms with E-state index in [1.54, 1.807) is 27.7 Å². The van der Waals surface area contributed by atoms with Crippen LogP contribution in [0.5, 0.6) is 0 Å². The Morgan fingerprint density at radius 1 is 1.07 bits per heavy atom. The van der Waals surface area contributed by atoms with E-state index in [2.05, 4.69) is 5.43 Å². The number of methoxy groups -OCH3 is 1. The lowest BCUT2D eigenvalue weighted by Gasteiger charge is -2.33. The van der Waals surface area contributed by atoms with Crippen molar-refractivity contribution in [1.29, 1.82) is 0 Å². The third-order valence-corrected chi connectivity index (χ3v) is 8.80. The van der Waals surface area contributed by atoms with Crippen molar-refractivity contribution in [3.05, 3.63) is 35.4 Å². The van der Waals surface area contributed by atoms with E-state index in [4.69, 9.17) is 14.6 Å². The van der Waals surface area contributed by atoms with Gasteiger partial charge in [0.1, 0.15) is 5.60 Å². The molecule has 10 nitrogen and oxygen atoms in total. The van der Waals surface area contributed by atoms with Crippen molar-refractivity contribution in [2.24, 2.45) is 5.41 Å². The number of rotatable bonds is 13. The molecular formula is C29H48N2O8S. The van der Waals surface area contributed by atoms with Gasteiger partial charge in [-0.2, -0.15) is 0 Å². The van der Waals surface area contributed by atoms with Crippen molar-refractivity contribution in [1.82, 2.24) is 10.4 Å². The second-order valence-electron chi connectivity index (χ2n) is 12.5. The van der Waals surface area contributed by atoms with E-state index in [0.717, 1.165) is 10.6 Å². The topological polar surface area (TPSA) is 139 Å². The summed E-state index contributed by atoms with van der Waals surface area (Å²) in [6.07, 6.45) is 0.865. The van der Waals surface area contributed by atoms with Gasteiger partial charge in [-0.25, -0.2) is 18.2 Å². The number of carbonyl (C=O) groups excluding carboxylic acids is 3. The first-order chi connectivity index (χ1) is 18.2. The fourth-order valence-electron chi connectivity index (χ4n) is 4.48. The van der Waals surface area contributed by atoms with Gasteiger partial charge in [0.15, 0.2) is 9.84 Å². The number of esters is 1. The average molecular weight is 585 g/mol. The summed E-state index contributed by atoms with van der Waals surface area (Å²) >= 11 is 0. The zero-order valence-electron chi connectivity index (χ0n) is 25.5. The zero-order chi connectivity index (χ0) is 30.9. The summed E-state index contributed by atoms with van der Waals surface area (Å²) in [6, 6.07) is 7.43. The van der Waals surface area contributed by atoms with Crippen molar-refractivity contribution in [3.8, 4) is 0 Å². The summed E-state index contributed by atoms with van der Waals surface area (Å²) in [4.78, 5) is 38.1. The molecule has 1 aromatic rings. The minimum Gasteiger partial charge on any atom is -0.469 e. The SMILES string of the molecule is COC(=O)CC(C)c1cccc([C@@](C)(CCCC(C)(C)CS(=O)(=O)CCO)C(=O)NN(C)C(=O)OC(C)(C)C)c1. The van der Waals surface area contributed by atoms with Crippen LogP contribution in [0.4, 0.5) is 4.79 Å². The molecule has 0 heterocycles. The molecule has 0 aliphatic heterocycles. The highest BCUT2D eigenvalue weighted by atomic mass is 32.2. The fourth-order valence-corrected chi connectivity index (χ4v) is 6.24. The molecule has 0 aromatic heterocycles. The van der Waals surface area contributed by atoms with Crippen molar-refractivity contribution in [3.63, 3.8) is 0 Å². The normalized spacial score (nSPS) is 14.6. The second kappa shape index (κ2) is 14.3. The largest absolute Gasteiger partial charge is 0.469 e. The van der Waals surface area contributed by atoms with E-state index in [0.29, 0.717) is 24.8 Å². The van der Waals surface area contributed by atoms with E-state index in [9.17, 15) is 22.8 Å². The number of hydrazine groups is 1. The number of carbonyl (C=O) groups is 3. The molecule has 1 aromatic carbocycles. The van der Waals surface area contributed by atoms with E-state index in [-0.39, 0.29) is 29.8 Å². The van der Waals surface area contributed by atoms with Crippen LogP contribution in [0.1, 0.15) is 91.2 Å². The van der Waals surface area contributed by atoms with Crippen molar-refractivity contribution in [2.75, 3.05) is 32.3 Å². The van der Waals surface area contributed by atoms with Gasteiger partial charge in [0.05, 0.1) is 37.1 Å². The number of amides is 2. The van der Waals surface area contributed by atoms with Gasteiger partial charge < -0.3 is 14.6 Å². The molecular weight excluding hydrogens is 536 g/mol. The number of aliphatic hydroxyl groups excluding tert-OH is 1. The van der Waals surface area contributed by atoms with Gasteiger partial charge in [-0.3, -0.25) is 15.0 Å². The lowest BCUT2D eigenvalue weighted by Crippen LogP contribution is -2.52. The van der Waals surface area contributed by atoms with E-state index in [1.165, 1.54) is 14.2 Å². The Kier molecular flexibility index (Phi) is 12.6. The molecule has 0 spiro atoms. The molecule has 228 valence electrons. The molecule has 0 fully saturated rings. The van der Waals surface area contributed by atoms with Crippen molar-refractivity contribution in [2.45, 2.75) is 91.1 Å². The van der Waals surface area contributed by atoms with Gasteiger partial charge >= 0.3 is 12.1 Å². The van der Waals surface area contributed by atoms with Crippen LogP contribution in [-0.2, 0) is 34.3 Å². The van der Waals surface area contributed by atoms with Gasteiger partial charge in [-0.05, 0) is 63.0 Å². The highest BCUT2D eigenvalue weighted by molar-refractivity contribution is 7.91. The molecule has 0 aliphatic rings. The quantitative estimate of drug-likeness (QED) is 0.261. The Morgan fingerprint density at radius 3 is 2.25 bits per heavy atom. The molecule has 0 aliphatic carbocycles. The summed E-state index contributed by atoms with van der Waals surface area (Å²) in [5.41, 5.74) is 1.79. The molecule has 40 heavy (non-hydrogen) atoms. The van der Waals surface area contributed by atoms with Crippen LogP contribution in [0, 0.1) is 5.41 Å². The maximum atomic E-state index is 13.8. The monoisotopic (exact) mass is 584 g/mol. The van der Waals surface area contributed by atoms with Gasteiger partial charge in [-0.15, -0.1) is 0 Å². The van der Waals surface area contributed by atoms with E-state index in [1.807, 2.05) is 45.0 Å². The molecule has 0 saturated heterocycles. The van der Waals surface area contributed by atoms with E-state index < -0.39 is 44.9 Å². The number of ether oxygens (including phenoxy) is 2. The maximum Gasteiger partial charge on any atom is 0.428 e. The first kappa shape index (κ1) is 35.4. The van der Waals surface area contributed by atoms with Crippen LogP contribution >= 0.6 is 0 Å². The van der Waals surface area contributed by atoms with Crippen LogP contribution in [0.25, 0.3) is 0 Å². The molecule has 1 rings (SSSR count). The Hall–Kier alpha value is -2.66. The molecule has 2 N–H and O–H groups in total. The minimum atomic E-state index is -3.42. The maximum absolute atomic E-state index is 13.8. The van der Waals surface area contributed by atoms with Gasteiger partial charge in [0.2, 0.25) is 5.91 Å². The Morgan fingerprint density at radius 2 is 1.70 bits per heavy atom. The lowest BCUT2D eigenvalue weighted by atomic mass is 9.74. The summed E-state index contributed by atoms with van der Waals surface area (Å²) in [7, 11) is -0.666. The molecule has 2 atom stereocenters. The Labute approximate surface area is 239 Å². The Balaban J connectivity index is 3.29. The van der Waals surface area contributed by atoms with Crippen LogP contribution in [-0.4, -0.2) is 74.4 Å². The number of hydrogen-bond donors (Lipinski definition) is 2. The third kappa shape index (κ3) is 11.4. The predicted octanol–water partition coefficient (Wildman–Crippen LogP) is 4.11. The first-order valence-corrected chi connectivity index (χ1v) is 15.3. The predicted molar refractivity (Wildman–Crippen MR) is 154 cm³/mol. The summed E-state index contributed by atoms with van der Waals surface area (Å²) < 4.78 is 34.8. The summed E-state index contributed by atoms with van der Waals surface area (Å²) in [5, 5.41) is 10.1. The fraction of sp³-hybridized carbons (Fsp3) is 0.690. The van der Waals surface area contributed by atoms with Crippen molar-refractivity contribution >= 4 is 27.8 Å². The number of hydrogen-bond acceptors (Lipinski definition) is 8. The van der Waals surface area contributed by atoms with Gasteiger partial charge in [-0.1, -0.05) is 51.5 Å². The zero-order valence-corrected chi connectivity index (χ0v) is 26.3. The number of aliphatic hydroxyl groups is 1. The molecule has 0 radical (unpaired) electrons. The minimum absolute atomic E-state index is 0.0780. The summed E-state index contributed by atoms with van der Waals surface area (Å²) in [5.74, 6) is -1.28. The molecule has 11 heteroatoms. The average Bonchev–Trinajstić information content (AvgIpc) is 2.81. The third-order valence-electron chi connectivity index (χ3n) is 6.77. The molecule has 0 bridgehead atoms. The van der Waals surface area contributed by atoms with Crippen LogP contribution < -0.4 is 5.43 Å². The van der Waals surface area contributed by atoms with Gasteiger partial charge in [0.25, 0.3) is 0 Å². The highest BCUT2D eigenvalue weighted by Crippen LogP contribution is 2.35. The summed E-state index contributed by atoms with van der Waals surface area (Å²) in [6.45, 7) is 12.2. The standard InChI is InChI=1S/C29H48N2O8S/c1-21(18-24(33)38-9)22-12-10-13-23(19-22)29(7,25(34)30-31(8)26(35)39-27(2,3)4)15-11-14-28(5,6)20-40(36,37)17-16-32/h10,12-13,19,21,32H,11,14-18,20H2,1-9H3,(H,30,34)/t21?,29-/m1/s1. The molecule has 0 saturated carbocycles.